The zero-order chi connectivity index (χ0) is 23.3. The molecule has 1 aromatic rings. The van der Waals surface area contributed by atoms with Gasteiger partial charge in [-0.3, -0.25) is 4.79 Å². The Bertz CT molecular complexity index is 751. The second-order valence-corrected chi connectivity index (χ2v) is 10.4. The molecule has 1 fully saturated rings. The molecule has 0 spiro atoms. The Morgan fingerprint density at radius 2 is 1.84 bits per heavy atom. The van der Waals surface area contributed by atoms with Gasteiger partial charge >= 0.3 is 0 Å². The van der Waals surface area contributed by atoms with Crippen LogP contribution in [0.1, 0.15) is 70.3 Å². The lowest BCUT2D eigenvalue weighted by molar-refractivity contribution is -0.122. The topological polar surface area (TPSA) is 69.6 Å². The van der Waals surface area contributed by atoms with Gasteiger partial charge in [0, 0.05) is 10.8 Å². The van der Waals surface area contributed by atoms with Crippen LogP contribution in [0.3, 0.4) is 0 Å². The first-order chi connectivity index (χ1) is 15.5. The van der Waals surface area contributed by atoms with Crippen LogP contribution in [-0.2, 0) is 4.79 Å². The van der Waals surface area contributed by atoms with Crippen molar-refractivity contribution in [2.45, 2.75) is 69.6 Å². The molecule has 1 amide bonds. The van der Waals surface area contributed by atoms with Crippen molar-refractivity contribution in [2.24, 2.45) is 11.8 Å². The second kappa shape index (κ2) is 14.8. The van der Waals surface area contributed by atoms with Gasteiger partial charge in [-0.05, 0) is 55.0 Å². The summed E-state index contributed by atoms with van der Waals surface area (Å²) in [6.07, 6.45) is 11.9. The molecule has 1 aromatic carbocycles. The molecule has 1 saturated carbocycles. The fraction of sp³-hybridized carbons (Fsp3) is 0.577. The van der Waals surface area contributed by atoms with Gasteiger partial charge < -0.3 is 15.5 Å². The zero-order valence-corrected chi connectivity index (χ0v) is 21.3. The normalized spacial score (nSPS) is 16.6. The molecule has 0 unspecified atom stereocenters. The molecule has 6 heteroatoms. The summed E-state index contributed by atoms with van der Waals surface area (Å²) < 4.78 is 0. The fourth-order valence-electron chi connectivity index (χ4n) is 4.02. The summed E-state index contributed by atoms with van der Waals surface area (Å²) in [6.45, 7) is 3.84. The summed E-state index contributed by atoms with van der Waals surface area (Å²) in [7, 11) is 0. The van der Waals surface area contributed by atoms with Gasteiger partial charge in [-0.2, -0.15) is 0 Å². The molecule has 32 heavy (non-hydrogen) atoms. The number of allylic oxidation sites excluding steroid dienone is 1. The molecule has 0 aromatic heterocycles. The van der Waals surface area contributed by atoms with Gasteiger partial charge in [0.15, 0.2) is 0 Å². The smallest absolute Gasteiger partial charge is 0.232 e. The van der Waals surface area contributed by atoms with Crippen LogP contribution < -0.4 is 5.32 Å². The predicted octanol–water partition coefficient (Wildman–Crippen LogP) is 6.07. The molecule has 1 aliphatic rings. The maximum absolute atomic E-state index is 13.5. The fourth-order valence-corrected chi connectivity index (χ4v) is 5.31. The van der Waals surface area contributed by atoms with E-state index in [1.807, 2.05) is 12.3 Å². The van der Waals surface area contributed by atoms with Crippen molar-refractivity contribution in [3.05, 3.63) is 51.9 Å². The molecule has 0 saturated heterocycles. The maximum atomic E-state index is 13.5. The van der Waals surface area contributed by atoms with Gasteiger partial charge in [0.05, 0.1) is 24.2 Å². The number of rotatable bonds is 13. The van der Waals surface area contributed by atoms with E-state index in [1.54, 1.807) is 11.8 Å². The van der Waals surface area contributed by atoms with E-state index in [2.05, 4.69) is 48.8 Å². The second-order valence-electron chi connectivity index (χ2n) is 8.60. The van der Waals surface area contributed by atoms with Crippen LogP contribution in [0.25, 0.3) is 0 Å². The molecule has 0 aliphatic heterocycles. The van der Waals surface area contributed by atoms with Crippen molar-refractivity contribution < 1.29 is 15.0 Å². The summed E-state index contributed by atoms with van der Waals surface area (Å²) in [5.41, 5.74) is 1.99. The number of thioether (sulfide) groups is 2. The van der Waals surface area contributed by atoms with Gasteiger partial charge in [0.2, 0.25) is 5.91 Å². The third-order valence-corrected chi connectivity index (χ3v) is 7.96. The molecular weight excluding hydrogens is 438 g/mol. The summed E-state index contributed by atoms with van der Waals surface area (Å²) in [4.78, 5) is 14.7. The Morgan fingerprint density at radius 3 is 2.41 bits per heavy atom. The minimum absolute atomic E-state index is 0.0515. The lowest BCUT2D eigenvalue weighted by Crippen LogP contribution is -2.29. The van der Waals surface area contributed by atoms with E-state index in [9.17, 15) is 15.0 Å². The molecule has 4 nitrogen and oxygen atoms in total. The lowest BCUT2D eigenvalue weighted by Gasteiger charge is -2.22. The van der Waals surface area contributed by atoms with Gasteiger partial charge in [-0.25, -0.2) is 0 Å². The minimum Gasteiger partial charge on any atom is -0.396 e. The van der Waals surface area contributed by atoms with E-state index in [-0.39, 0.29) is 31.0 Å². The highest BCUT2D eigenvalue weighted by Crippen LogP contribution is 2.35. The van der Waals surface area contributed by atoms with Crippen LogP contribution in [0.2, 0.25) is 0 Å². The Kier molecular flexibility index (Phi) is 12.5. The number of aliphatic hydroxyl groups is 2. The monoisotopic (exact) mass is 477 g/mol. The van der Waals surface area contributed by atoms with Gasteiger partial charge in [-0.1, -0.05) is 74.6 Å². The molecule has 1 atom stereocenters. The van der Waals surface area contributed by atoms with Gasteiger partial charge in [0.25, 0.3) is 0 Å². The number of hydrogen-bond acceptors (Lipinski definition) is 5. The van der Waals surface area contributed by atoms with Crippen molar-refractivity contribution in [3.8, 4) is 0 Å². The number of carbonyl (C=O) groups is 1. The molecule has 2 rings (SSSR count). The van der Waals surface area contributed by atoms with E-state index < -0.39 is 0 Å². The molecule has 0 bridgehead atoms. The summed E-state index contributed by atoms with van der Waals surface area (Å²) in [5, 5.41) is 24.8. The first kappa shape index (κ1) is 27.0. The zero-order valence-electron chi connectivity index (χ0n) is 19.7. The lowest BCUT2D eigenvalue weighted by atomic mass is 9.87. The third kappa shape index (κ3) is 8.62. The first-order valence-electron chi connectivity index (χ1n) is 11.7. The number of amides is 1. The Hall–Kier alpha value is -1.21. The SMILES string of the molecule is CCC/C=C(\NC(=O)[C@H](CC1CCCC1)c1ccc(SC)cc1)S/C=C(\C)C(CO)CO. The van der Waals surface area contributed by atoms with E-state index in [0.717, 1.165) is 35.4 Å². The third-order valence-electron chi connectivity index (χ3n) is 6.20. The summed E-state index contributed by atoms with van der Waals surface area (Å²) in [6, 6.07) is 8.41. The predicted molar refractivity (Wildman–Crippen MR) is 138 cm³/mol. The van der Waals surface area contributed by atoms with Crippen LogP contribution in [-0.4, -0.2) is 35.6 Å². The number of carbonyl (C=O) groups excluding carboxylic acids is 1. The average molecular weight is 478 g/mol. The van der Waals surface area contributed by atoms with Crippen molar-refractivity contribution in [1.82, 2.24) is 5.32 Å². The molecule has 3 N–H and O–H groups in total. The number of unbranched alkanes of at least 4 members (excludes halogenated alkanes) is 1. The molecule has 0 heterocycles. The van der Waals surface area contributed by atoms with Gasteiger partial charge in [-0.15, -0.1) is 11.8 Å². The Labute approximate surface area is 202 Å². The van der Waals surface area contributed by atoms with Crippen molar-refractivity contribution in [1.29, 1.82) is 0 Å². The number of aliphatic hydroxyl groups excluding tert-OH is 2. The number of nitrogens with one attached hydrogen (secondary N) is 1. The van der Waals surface area contributed by atoms with Crippen molar-refractivity contribution in [3.63, 3.8) is 0 Å². The van der Waals surface area contributed by atoms with E-state index in [4.69, 9.17) is 0 Å². The largest absolute Gasteiger partial charge is 0.396 e. The van der Waals surface area contributed by atoms with Crippen molar-refractivity contribution >= 4 is 29.4 Å². The quantitative estimate of drug-likeness (QED) is 0.301. The molecule has 178 valence electrons. The standard InChI is InChI=1S/C26H39NO3S2/c1-4-5-10-25(32-18-19(2)22(16-28)17-29)27-26(30)24(15-20-8-6-7-9-20)21-11-13-23(31-3)14-12-21/h10-14,18,20,22,24,28-29H,4-9,15-17H2,1-3H3,(H,27,30)/b19-18+,25-10+/t24-/m1/s1. The van der Waals surface area contributed by atoms with E-state index >= 15 is 0 Å². The minimum atomic E-state index is -0.268. The summed E-state index contributed by atoms with van der Waals surface area (Å²) in [5.74, 6) is 0.234. The molecular formula is C26H39NO3S2. The Balaban J connectivity index is 2.19. The summed E-state index contributed by atoms with van der Waals surface area (Å²) >= 11 is 3.17. The number of hydrogen-bond donors (Lipinski definition) is 3. The van der Waals surface area contributed by atoms with E-state index in [0.29, 0.717) is 5.92 Å². The van der Waals surface area contributed by atoms with Crippen LogP contribution in [0.4, 0.5) is 0 Å². The number of benzene rings is 1. The van der Waals surface area contributed by atoms with Crippen LogP contribution >= 0.6 is 23.5 Å². The average Bonchev–Trinajstić information content (AvgIpc) is 3.33. The highest BCUT2D eigenvalue weighted by Gasteiger charge is 2.27. The molecule has 0 radical (unpaired) electrons. The maximum Gasteiger partial charge on any atom is 0.232 e. The van der Waals surface area contributed by atoms with Crippen LogP contribution in [0.5, 0.6) is 0 Å². The van der Waals surface area contributed by atoms with Gasteiger partial charge in [0.1, 0.15) is 0 Å². The Morgan fingerprint density at radius 1 is 1.19 bits per heavy atom. The van der Waals surface area contributed by atoms with Crippen molar-refractivity contribution in [2.75, 3.05) is 19.5 Å². The molecule has 1 aliphatic carbocycles. The van der Waals surface area contributed by atoms with E-state index in [1.165, 1.54) is 42.3 Å². The van der Waals surface area contributed by atoms with Crippen LogP contribution in [0.15, 0.2) is 51.2 Å². The highest BCUT2D eigenvalue weighted by molar-refractivity contribution is 8.05. The van der Waals surface area contributed by atoms with Crippen LogP contribution in [0, 0.1) is 11.8 Å². The first-order valence-corrected chi connectivity index (χ1v) is 13.8. The highest BCUT2D eigenvalue weighted by atomic mass is 32.2.